The second kappa shape index (κ2) is 7.99. The summed E-state index contributed by atoms with van der Waals surface area (Å²) in [4.78, 5) is 12.4. The van der Waals surface area contributed by atoms with Crippen molar-refractivity contribution in [2.75, 3.05) is 18.4 Å². The Hall–Kier alpha value is -2.47. The van der Waals surface area contributed by atoms with E-state index in [0.717, 1.165) is 6.07 Å². The van der Waals surface area contributed by atoms with Crippen LogP contribution in [0.3, 0.4) is 0 Å². The van der Waals surface area contributed by atoms with E-state index in [2.05, 4.69) is 10.5 Å². The van der Waals surface area contributed by atoms with Gasteiger partial charge in [0.2, 0.25) is 15.9 Å². The second-order valence-corrected chi connectivity index (χ2v) is 8.89. The number of anilines is 1. The molecule has 1 aliphatic heterocycles. The van der Waals surface area contributed by atoms with Gasteiger partial charge in [0.25, 0.3) is 0 Å². The molecule has 1 saturated heterocycles. The lowest BCUT2D eigenvalue weighted by Crippen LogP contribution is -2.41. The minimum Gasteiger partial charge on any atom is -0.360 e. The smallest absolute Gasteiger partial charge is 0.360 e. The van der Waals surface area contributed by atoms with Crippen molar-refractivity contribution in [2.45, 2.75) is 37.8 Å². The second-order valence-electron chi connectivity index (χ2n) is 7.01. The van der Waals surface area contributed by atoms with Crippen LogP contribution in [0.5, 0.6) is 0 Å². The monoisotopic (exact) mass is 449 g/mol. The lowest BCUT2D eigenvalue weighted by Gasteiger charge is -2.30. The topological polar surface area (TPSA) is 92.5 Å². The first-order valence-corrected chi connectivity index (χ1v) is 10.5. The Bertz CT molecular complexity index is 1040. The van der Waals surface area contributed by atoms with Gasteiger partial charge in [-0.25, -0.2) is 12.8 Å². The van der Waals surface area contributed by atoms with Gasteiger partial charge in [0.15, 0.2) is 5.76 Å². The van der Waals surface area contributed by atoms with Gasteiger partial charge in [0, 0.05) is 24.7 Å². The summed E-state index contributed by atoms with van der Waals surface area (Å²) in [5.74, 6) is -2.41. The molecule has 1 fully saturated rings. The molecule has 0 aliphatic carbocycles. The summed E-state index contributed by atoms with van der Waals surface area (Å²) >= 11 is 0. The van der Waals surface area contributed by atoms with Crippen LogP contribution in [0.1, 0.15) is 29.9 Å². The van der Waals surface area contributed by atoms with Crippen molar-refractivity contribution >= 4 is 21.6 Å². The predicted molar refractivity (Wildman–Crippen MR) is 97.5 cm³/mol. The third-order valence-corrected chi connectivity index (χ3v) is 7.07. The Labute approximate surface area is 170 Å². The number of aromatic nitrogens is 1. The van der Waals surface area contributed by atoms with Gasteiger partial charge >= 0.3 is 6.18 Å². The zero-order valence-electron chi connectivity index (χ0n) is 16.1. The first kappa shape index (κ1) is 22.2. The molecule has 0 unspecified atom stereocenters. The quantitative estimate of drug-likeness (QED) is 0.722. The van der Waals surface area contributed by atoms with Gasteiger partial charge in [-0.1, -0.05) is 5.16 Å². The molecule has 12 heteroatoms. The van der Waals surface area contributed by atoms with Crippen LogP contribution in [0.25, 0.3) is 0 Å². The van der Waals surface area contributed by atoms with E-state index in [4.69, 9.17) is 4.52 Å². The van der Waals surface area contributed by atoms with Crippen molar-refractivity contribution < 1.29 is 35.3 Å². The summed E-state index contributed by atoms with van der Waals surface area (Å²) in [5, 5.41) is 6.00. The molecule has 1 aliphatic rings. The lowest BCUT2D eigenvalue weighted by atomic mass is 9.97. The Kier molecular flexibility index (Phi) is 5.92. The minimum atomic E-state index is -4.89. The molecule has 1 aromatic carbocycles. The Morgan fingerprint density at radius 3 is 2.40 bits per heavy atom. The summed E-state index contributed by atoms with van der Waals surface area (Å²) < 4.78 is 83.6. The highest BCUT2D eigenvalue weighted by Gasteiger charge is 2.36. The summed E-state index contributed by atoms with van der Waals surface area (Å²) in [6, 6.07) is 2.21. The number of amides is 1. The molecule has 1 aromatic heterocycles. The van der Waals surface area contributed by atoms with Crippen molar-refractivity contribution in [3.8, 4) is 0 Å². The number of sulfonamides is 1. The average molecular weight is 449 g/mol. The molecular weight excluding hydrogens is 430 g/mol. The first-order valence-electron chi connectivity index (χ1n) is 9.02. The Morgan fingerprint density at radius 2 is 1.87 bits per heavy atom. The average Bonchev–Trinajstić information content (AvgIpc) is 3.01. The molecule has 1 N–H and O–H groups in total. The Morgan fingerprint density at radius 1 is 1.23 bits per heavy atom. The van der Waals surface area contributed by atoms with Crippen LogP contribution in [0.4, 0.5) is 23.2 Å². The Balaban J connectivity index is 1.66. The zero-order valence-corrected chi connectivity index (χ0v) is 16.9. The van der Waals surface area contributed by atoms with E-state index < -0.39 is 39.4 Å². The largest absolute Gasteiger partial charge is 0.419 e. The van der Waals surface area contributed by atoms with E-state index >= 15 is 0 Å². The summed E-state index contributed by atoms with van der Waals surface area (Å²) in [7, 11) is -3.84. The van der Waals surface area contributed by atoms with Gasteiger partial charge in [-0.05, 0) is 44.9 Å². The van der Waals surface area contributed by atoms with Crippen molar-refractivity contribution in [1.29, 1.82) is 0 Å². The van der Waals surface area contributed by atoms with Crippen LogP contribution in [0.15, 0.2) is 27.6 Å². The highest BCUT2D eigenvalue weighted by Crippen LogP contribution is 2.33. The van der Waals surface area contributed by atoms with Crippen molar-refractivity contribution in [3.63, 3.8) is 0 Å². The maximum atomic E-state index is 13.4. The summed E-state index contributed by atoms with van der Waals surface area (Å²) in [6.07, 6.45) is -4.52. The minimum absolute atomic E-state index is 0.00334. The highest BCUT2D eigenvalue weighted by atomic mass is 32.2. The predicted octanol–water partition coefficient (Wildman–Crippen LogP) is 3.49. The number of alkyl halides is 3. The molecule has 30 heavy (non-hydrogen) atoms. The van der Waals surface area contributed by atoms with Crippen LogP contribution in [-0.4, -0.2) is 36.9 Å². The molecule has 3 rings (SSSR count). The molecule has 0 bridgehead atoms. The van der Waals surface area contributed by atoms with Crippen LogP contribution in [-0.2, 0) is 21.0 Å². The van der Waals surface area contributed by atoms with E-state index in [1.807, 2.05) is 0 Å². The van der Waals surface area contributed by atoms with Crippen LogP contribution >= 0.6 is 0 Å². The number of hydrogen-bond donors (Lipinski definition) is 1. The van der Waals surface area contributed by atoms with Crippen LogP contribution in [0.2, 0.25) is 0 Å². The third kappa shape index (κ3) is 4.33. The fourth-order valence-electron chi connectivity index (χ4n) is 3.39. The van der Waals surface area contributed by atoms with E-state index in [0.29, 0.717) is 12.1 Å². The van der Waals surface area contributed by atoms with E-state index in [-0.39, 0.29) is 48.0 Å². The van der Waals surface area contributed by atoms with Gasteiger partial charge in [0.05, 0.1) is 5.56 Å². The summed E-state index contributed by atoms with van der Waals surface area (Å²) in [6.45, 7) is 3.12. The standard InChI is InChI=1S/C18H19F4N3O4S/c1-10-16(11(2)29-24-10)30(27,28)25-7-5-12(6-8-25)17(26)23-13-3-4-15(19)14(9-13)18(20,21)22/h3-4,9,12H,5-8H2,1-2H3,(H,23,26). The zero-order chi connectivity index (χ0) is 22.3. The van der Waals surface area contributed by atoms with Gasteiger partial charge < -0.3 is 9.84 Å². The molecule has 0 atom stereocenters. The maximum absolute atomic E-state index is 13.4. The van der Waals surface area contributed by atoms with E-state index in [1.165, 1.54) is 18.2 Å². The molecule has 2 heterocycles. The van der Waals surface area contributed by atoms with E-state index in [9.17, 15) is 30.8 Å². The number of aryl methyl sites for hydroxylation is 2. The lowest BCUT2D eigenvalue weighted by molar-refractivity contribution is -0.140. The molecule has 7 nitrogen and oxygen atoms in total. The fraction of sp³-hybridized carbons (Fsp3) is 0.444. The van der Waals surface area contributed by atoms with Crippen molar-refractivity contribution in [3.05, 3.63) is 41.0 Å². The number of nitrogens with zero attached hydrogens (tertiary/aromatic N) is 2. The SMILES string of the molecule is Cc1noc(C)c1S(=O)(=O)N1CCC(C(=O)Nc2ccc(F)c(C(F)(F)F)c2)CC1. The number of piperidine rings is 1. The summed E-state index contributed by atoms with van der Waals surface area (Å²) in [5.41, 5.74) is -1.41. The highest BCUT2D eigenvalue weighted by molar-refractivity contribution is 7.89. The third-order valence-electron chi connectivity index (χ3n) is 4.93. The molecule has 0 saturated carbocycles. The maximum Gasteiger partial charge on any atom is 0.419 e. The normalized spacial score (nSPS) is 16.6. The van der Waals surface area contributed by atoms with Gasteiger partial charge in [-0.2, -0.15) is 17.5 Å². The van der Waals surface area contributed by atoms with Crippen molar-refractivity contribution in [2.24, 2.45) is 5.92 Å². The van der Waals surface area contributed by atoms with E-state index in [1.54, 1.807) is 0 Å². The van der Waals surface area contributed by atoms with Crippen LogP contribution < -0.4 is 5.32 Å². The number of carbonyl (C=O) groups excluding carboxylic acids is 1. The number of benzene rings is 1. The molecule has 164 valence electrons. The fourth-order valence-corrected chi connectivity index (χ4v) is 5.16. The first-order chi connectivity index (χ1) is 13.9. The van der Waals surface area contributed by atoms with Crippen molar-refractivity contribution in [1.82, 2.24) is 9.46 Å². The number of halogens is 4. The van der Waals surface area contributed by atoms with Gasteiger partial charge in [0.1, 0.15) is 16.4 Å². The van der Waals surface area contributed by atoms with Crippen LogP contribution in [0, 0.1) is 25.6 Å². The number of nitrogens with one attached hydrogen (secondary N) is 1. The number of hydrogen-bond acceptors (Lipinski definition) is 5. The molecular formula is C18H19F4N3O4S. The number of carbonyl (C=O) groups is 1. The molecule has 2 aromatic rings. The molecule has 0 radical (unpaired) electrons. The van der Waals surface area contributed by atoms with Gasteiger partial charge in [-0.15, -0.1) is 0 Å². The number of rotatable bonds is 4. The molecule has 1 amide bonds. The van der Waals surface area contributed by atoms with Gasteiger partial charge in [-0.3, -0.25) is 4.79 Å². The molecule has 0 spiro atoms.